The zero-order valence-corrected chi connectivity index (χ0v) is 18.6. The molecule has 4 rings (SSSR count). The first-order chi connectivity index (χ1) is 14.4. The molecule has 1 fully saturated rings. The highest BCUT2D eigenvalue weighted by atomic mass is 32.1. The lowest BCUT2D eigenvalue weighted by Gasteiger charge is -2.29. The van der Waals surface area contributed by atoms with Gasteiger partial charge in [0, 0.05) is 29.8 Å². The van der Waals surface area contributed by atoms with Crippen LogP contribution in [-0.2, 0) is 0 Å². The van der Waals surface area contributed by atoms with Crippen molar-refractivity contribution in [3.05, 3.63) is 77.4 Å². The van der Waals surface area contributed by atoms with Crippen LogP contribution in [0.25, 0.3) is 5.69 Å². The second-order valence-electron chi connectivity index (χ2n) is 8.35. The maximum Gasteiger partial charge on any atom is 0.170 e. The van der Waals surface area contributed by atoms with Gasteiger partial charge in [-0.25, -0.2) is 0 Å². The lowest BCUT2D eigenvalue weighted by atomic mass is 9.96. The molecule has 0 unspecified atom stereocenters. The van der Waals surface area contributed by atoms with Crippen LogP contribution in [0.3, 0.4) is 0 Å². The van der Waals surface area contributed by atoms with Crippen molar-refractivity contribution in [3.8, 4) is 11.4 Å². The van der Waals surface area contributed by atoms with Crippen molar-refractivity contribution in [3.63, 3.8) is 0 Å². The van der Waals surface area contributed by atoms with Crippen LogP contribution < -0.4 is 5.32 Å². The van der Waals surface area contributed by atoms with Crippen LogP contribution in [0.4, 0.5) is 0 Å². The van der Waals surface area contributed by atoms with E-state index in [-0.39, 0.29) is 17.8 Å². The number of aryl methyl sites for hydroxylation is 1. The molecule has 30 heavy (non-hydrogen) atoms. The Bertz CT molecular complexity index is 1040. The number of hydrogen-bond acceptors (Lipinski definition) is 3. The number of phenols is 1. The molecule has 2 N–H and O–H groups in total. The van der Waals surface area contributed by atoms with E-state index < -0.39 is 0 Å². The Kier molecular flexibility index (Phi) is 5.52. The van der Waals surface area contributed by atoms with Gasteiger partial charge in [0.15, 0.2) is 5.11 Å². The Balaban J connectivity index is 1.83. The van der Waals surface area contributed by atoms with Crippen LogP contribution in [0, 0.1) is 19.8 Å². The van der Waals surface area contributed by atoms with Gasteiger partial charge in [-0.05, 0) is 80.0 Å². The lowest BCUT2D eigenvalue weighted by molar-refractivity contribution is 0.287. The molecule has 1 aliphatic rings. The van der Waals surface area contributed by atoms with Crippen LogP contribution in [0.5, 0.6) is 5.75 Å². The first-order valence-electron chi connectivity index (χ1n) is 10.3. The fourth-order valence-corrected chi connectivity index (χ4v) is 4.74. The summed E-state index contributed by atoms with van der Waals surface area (Å²) in [6, 6.07) is 15.7. The van der Waals surface area contributed by atoms with Crippen molar-refractivity contribution < 1.29 is 5.11 Å². The van der Waals surface area contributed by atoms with Gasteiger partial charge in [0.25, 0.3) is 0 Å². The number of nitrogens with one attached hydrogen (secondary N) is 1. The molecule has 1 aromatic carbocycles. The quantitative estimate of drug-likeness (QED) is 0.580. The number of aromatic hydroxyl groups is 1. The molecule has 0 spiro atoms. The van der Waals surface area contributed by atoms with Crippen molar-refractivity contribution in [1.82, 2.24) is 19.8 Å². The third-order valence-electron chi connectivity index (χ3n) is 5.66. The maximum atomic E-state index is 9.68. The second kappa shape index (κ2) is 8.11. The average Bonchev–Trinajstić information content (AvgIpc) is 3.19. The highest BCUT2D eigenvalue weighted by molar-refractivity contribution is 7.80. The summed E-state index contributed by atoms with van der Waals surface area (Å²) in [5.41, 5.74) is 5.59. The number of rotatable bonds is 5. The third kappa shape index (κ3) is 3.67. The molecule has 0 radical (unpaired) electrons. The first kappa shape index (κ1) is 20.4. The summed E-state index contributed by atoms with van der Waals surface area (Å²) in [5, 5.41) is 14.0. The minimum atomic E-state index is -0.00813. The molecular formula is C24H28N4OS. The minimum Gasteiger partial charge on any atom is -0.508 e. The summed E-state index contributed by atoms with van der Waals surface area (Å²) in [6.07, 6.45) is 1.84. The fourth-order valence-electron chi connectivity index (χ4n) is 4.42. The second-order valence-corrected chi connectivity index (χ2v) is 8.74. The summed E-state index contributed by atoms with van der Waals surface area (Å²) in [4.78, 5) is 6.94. The van der Waals surface area contributed by atoms with Gasteiger partial charge in [-0.1, -0.05) is 19.9 Å². The number of thiocarbonyl (C=S) groups is 1. The standard InChI is InChI=1S/C24H28N4OS/c1-15(2)14-27-23(22(26-24(27)30)21-7-5-6-12-25-21)20-13-16(3)28(17(20)4)18-8-10-19(29)11-9-18/h5-13,15,22-23,29H,14H2,1-4H3,(H,26,30)/t22-,23-/m1/s1. The SMILES string of the molecule is Cc1cc([C@@H]2[C@@H](c3ccccn3)NC(=S)N2CC(C)C)c(C)n1-c1ccc(O)cc1. The molecular weight excluding hydrogens is 392 g/mol. The molecule has 156 valence electrons. The lowest BCUT2D eigenvalue weighted by Crippen LogP contribution is -2.33. The Morgan fingerprint density at radius 3 is 2.50 bits per heavy atom. The van der Waals surface area contributed by atoms with E-state index in [2.05, 4.69) is 59.6 Å². The van der Waals surface area contributed by atoms with Crippen LogP contribution >= 0.6 is 12.2 Å². The van der Waals surface area contributed by atoms with Gasteiger partial charge in [0.1, 0.15) is 5.75 Å². The number of nitrogens with zero attached hydrogens (tertiary/aromatic N) is 3. The molecule has 1 aliphatic heterocycles. The Labute approximate surface area is 183 Å². The fraction of sp³-hybridized carbons (Fsp3) is 0.333. The van der Waals surface area contributed by atoms with Gasteiger partial charge in [-0.3, -0.25) is 4.98 Å². The number of hydrogen-bond donors (Lipinski definition) is 2. The normalized spacial score (nSPS) is 18.8. The van der Waals surface area contributed by atoms with Gasteiger partial charge in [0.2, 0.25) is 0 Å². The first-order valence-corrected chi connectivity index (χ1v) is 10.7. The summed E-state index contributed by atoms with van der Waals surface area (Å²) in [5.74, 6) is 0.750. The number of aromatic nitrogens is 2. The number of benzene rings is 1. The van der Waals surface area contributed by atoms with Crippen LogP contribution in [0.2, 0.25) is 0 Å². The van der Waals surface area contributed by atoms with E-state index in [1.54, 1.807) is 12.1 Å². The summed E-state index contributed by atoms with van der Waals surface area (Å²) >= 11 is 5.76. The summed E-state index contributed by atoms with van der Waals surface area (Å²) in [6.45, 7) is 9.58. The maximum absolute atomic E-state index is 9.68. The zero-order valence-electron chi connectivity index (χ0n) is 17.8. The van der Waals surface area contributed by atoms with Gasteiger partial charge >= 0.3 is 0 Å². The van der Waals surface area contributed by atoms with Gasteiger partial charge in [0.05, 0.1) is 17.8 Å². The van der Waals surface area contributed by atoms with Gasteiger partial charge < -0.3 is 19.9 Å². The molecule has 3 heterocycles. The van der Waals surface area contributed by atoms with E-state index in [4.69, 9.17) is 12.2 Å². The molecule has 0 saturated carbocycles. The summed E-state index contributed by atoms with van der Waals surface area (Å²) < 4.78 is 2.24. The molecule has 5 nitrogen and oxygen atoms in total. The van der Waals surface area contributed by atoms with Gasteiger partial charge in [-0.15, -0.1) is 0 Å². The van der Waals surface area contributed by atoms with Crippen molar-refractivity contribution >= 4 is 17.3 Å². The highest BCUT2D eigenvalue weighted by Crippen LogP contribution is 2.41. The number of pyridine rings is 1. The third-order valence-corrected chi connectivity index (χ3v) is 6.01. The topological polar surface area (TPSA) is 53.3 Å². The minimum absolute atomic E-state index is 0.00813. The largest absolute Gasteiger partial charge is 0.508 e. The van der Waals surface area contributed by atoms with Crippen LogP contribution in [0.1, 0.15) is 48.6 Å². The van der Waals surface area contributed by atoms with Gasteiger partial charge in [-0.2, -0.15) is 0 Å². The molecule has 2 atom stereocenters. The monoisotopic (exact) mass is 420 g/mol. The van der Waals surface area contributed by atoms with Crippen molar-refractivity contribution in [1.29, 1.82) is 0 Å². The molecule has 0 aliphatic carbocycles. The summed E-state index contributed by atoms with van der Waals surface area (Å²) in [7, 11) is 0. The average molecular weight is 421 g/mol. The van der Waals surface area contributed by atoms with E-state index >= 15 is 0 Å². The predicted molar refractivity (Wildman–Crippen MR) is 124 cm³/mol. The van der Waals surface area contributed by atoms with Crippen molar-refractivity contribution in [2.45, 2.75) is 39.8 Å². The Hall–Kier alpha value is -2.86. The van der Waals surface area contributed by atoms with Crippen molar-refractivity contribution in [2.75, 3.05) is 6.54 Å². The molecule has 6 heteroatoms. The smallest absolute Gasteiger partial charge is 0.170 e. The highest BCUT2D eigenvalue weighted by Gasteiger charge is 2.41. The molecule has 3 aromatic rings. The molecule has 0 amide bonds. The van der Waals surface area contributed by atoms with Crippen LogP contribution in [0.15, 0.2) is 54.7 Å². The zero-order chi connectivity index (χ0) is 21.4. The molecule has 2 aromatic heterocycles. The van der Waals surface area contributed by atoms with E-state index in [1.807, 2.05) is 30.5 Å². The molecule has 0 bridgehead atoms. The number of phenolic OH excluding ortho intramolecular Hbond substituents is 1. The van der Waals surface area contributed by atoms with E-state index in [0.717, 1.165) is 28.7 Å². The van der Waals surface area contributed by atoms with Crippen LogP contribution in [-0.4, -0.2) is 31.2 Å². The van der Waals surface area contributed by atoms with E-state index in [0.29, 0.717) is 5.92 Å². The molecule has 1 saturated heterocycles. The predicted octanol–water partition coefficient (Wildman–Crippen LogP) is 4.82. The van der Waals surface area contributed by atoms with Crippen molar-refractivity contribution in [2.24, 2.45) is 5.92 Å². The Morgan fingerprint density at radius 1 is 1.13 bits per heavy atom. The van der Waals surface area contributed by atoms with E-state index in [9.17, 15) is 5.11 Å². The van der Waals surface area contributed by atoms with E-state index in [1.165, 1.54) is 11.3 Å². The Morgan fingerprint density at radius 2 is 1.87 bits per heavy atom.